The van der Waals surface area contributed by atoms with E-state index in [9.17, 15) is 13.2 Å². The van der Waals surface area contributed by atoms with Crippen molar-refractivity contribution in [3.63, 3.8) is 0 Å². The lowest BCUT2D eigenvalue weighted by atomic mass is 10.00. The van der Waals surface area contributed by atoms with Crippen LogP contribution in [0.3, 0.4) is 0 Å². The smallest absolute Gasteiger partial charge is 0.370 e. The van der Waals surface area contributed by atoms with Crippen molar-refractivity contribution in [2.75, 3.05) is 11.9 Å². The Morgan fingerprint density at radius 2 is 2.11 bits per heavy atom. The first-order valence-corrected chi connectivity index (χ1v) is 6.00. The number of hydrogen-bond acceptors (Lipinski definition) is 2. The summed E-state index contributed by atoms with van der Waals surface area (Å²) >= 11 is 0. The molecule has 1 aromatic carbocycles. The van der Waals surface area contributed by atoms with E-state index in [0.717, 1.165) is 24.8 Å². The Morgan fingerprint density at radius 3 is 2.89 bits per heavy atom. The number of rotatable bonds is 1. The van der Waals surface area contributed by atoms with E-state index in [1.165, 1.54) is 12.1 Å². The molecule has 3 nitrogen and oxygen atoms in total. The van der Waals surface area contributed by atoms with Gasteiger partial charge in [-0.05, 0) is 24.1 Å². The van der Waals surface area contributed by atoms with Gasteiger partial charge < -0.3 is 5.32 Å². The van der Waals surface area contributed by atoms with Gasteiger partial charge >= 0.3 is 6.18 Å². The van der Waals surface area contributed by atoms with Crippen molar-refractivity contribution in [2.45, 2.75) is 18.6 Å². The fourth-order valence-corrected chi connectivity index (χ4v) is 2.39. The first kappa shape index (κ1) is 12.1. The highest BCUT2D eigenvalue weighted by molar-refractivity contribution is 5.39. The standard InChI is InChI=1S/C13H12F3N3/c14-13(15,16)10-3-1-2-9(8-10)11-4-6-17-12-5-7-18-19(11)12/h1-3,5,7-8,11,17H,4,6H2. The lowest BCUT2D eigenvalue weighted by Crippen LogP contribution is -2.24. The van der Waals surface area contributed by atoms with Crippen molar-refractivity contribution in [3.8, 4) is 0 Å². The normalized spacial score (nSPS) is 18.8. The maximum Gasteiger partial charge on any atom is 0.416 e. The Balaban J connectivity index is 2.01. The van der Waals surface area contributed by atoms with Gasteiger partial charge in [0.15, 0.2) is 0 Å². The van der Waals surface area contributed by atoms with Crippen molar-refractivity contribution in [2.24, 2.45) is 0 Å². The Morgan fingerprint density at radius 1 is 1.26 bits per heavy atom. The second kappa shape index (κ2) is 4.29. The van der Waals surface area contributed by atoms with Crippen molar-refractivity contribution in [1.82, 2.24) is 9.78 Å². The topological polar surface area (TPSA) is 29.9 Å². The van der Waals surface area contributed by atoms with Crippen molar-refractivity contribution in [1.29, 1.82) is 0 Å². The van der Waals surface area contributed by atoms with Crippen molar-refractivity contribution in [3.05, 3.63) is 47.7 Å². The molecule has 0 saturated carbocycles. The van der Waals surface area contributed by atoms with E-state index in [1.54, 1.807) is 16.9 Å². The molecule has 0 amide bonds. The van der Waals surface area contributed by atoms with E-state index >= 15 is 0 Å². The van der Waals surface area contributed by atoms with Crippen LogP contribution < -0.4 is 5.32 Å². The Hall–Kier alpha value is -1.98. The van der Waals surface area contributed by atoms with Crippen LogP contribution in [0.2, 0.25) is 0 Å². The molecule has 19 heavy (non-hydrogen) atoms. The summed E-state index contributed by atoms with van der Waals surface area (Å²) in [5, 5.41) is 7.34. The highest BCUT2D eigenvalue weighted by Crippen LogP contribution is 2.34. The summed E-state index contributed by atoms with van der Waals surface area (Å²) in [6.07, 6.45) is -1.94. The van der Waals surface area contributed by atoms with Crippen LogP contribution in [0, 0.1) is 0 Å². The van der Waals surface area contributed by atoms with E-state index in [1.807, 2.05) is 6.07 Å². The first-order valence-electron chi connectivity index (χ1n) is 6.00. The molecule has 0 bridgehead atoms. The van der Waals surface area contributed by atoms with E-state index in [0.29, 0.717) is 5.56 Å². The quantitative estimate of drug-likeness (QED) is 0.859. The minimum absolute atomic E-state index is 0.145. The van der Waals surface area contributed by atoms with E-state index in [-0.39, 0.29) is 6.04 Å². The van der Waals surface area contributed by atoms with Crippen LogP contribution in [0.4, 0.5) is 19.0 Å². The van der Waals surface area contributed by atoms with Crippen LogP contribution in [0.15, 0.2) is 36.5 Å². The second-order valence-corrected chi connectivity index (χ2v) is 4.52. The molecule has 1 unspecified atom stereocenters. The van der Waals surface area contributed by atoms with Gasteiger partial charge in [-0.3, -0.25) is 0 Å². The minimum Gasteiger partial charge on any atom is -0.370 e. The zero-order valence-corrected chi connectivity index (χ0v) is 9.98. The van der Waals surface area contributed by atoms with Gasteiger partial charge in [0.25, 0.3) is 0 Å². The average Bonchev–Trinajstić information content (AvgIpc) is 2.86. The highest BCUT2D eigenvalue weighted by Gasteiger charge is 2.31. The molecule has 0 spiro atoms. The van der Waals surface area contributed by atoms with Crippen molar-refractivity contribution < 1.29 is 13.2 Å². The molecule has 1 aromatic heterocycles. The zero-order valence-electron chi connectivity index (χ0n) is 9.98. The summed E-state index contributed by atoms with van der Waals surface area (Å²) in [7, 11) is 0. The zero-order chi connectivity index (χ0) is 13.5. The summed E-state index contributed by atoms with van der Waals surface area (Å²) in [4.78, 5) is 0. The molecule has 0 fully saturated rings. The monoisotopic (exact) mass is 267 g/mol. The Kier molecular flexibility index (Phi) is 2.73. The molecule has 2 heterocycles. The number of halogens is 3. The molecular weight excluding hydrogens is 255 g/mol. The van der Waals surface area contributed by atoms with Gasteiger partial charge in [-0.15, -0.1) is 0 Å². The lowest BCUT2D eigenvalue weighted by Gasteiger charge is -2.26. The van der Waals surface area contributed by atoms with Gasteiger partial charge in [0.2, 0.25) is 0 Å². The molecule has 1 aliphatic rings. The second-order valence-electron chi connectivity index (χ2n) is 4.52. The minimum atomic E-state index is -4.31. The SMILES string of the molecule is FC(F)(F)c1cccc(C2CCNc3ccnn32)c1. The third-order valence-corrected chi connectivity index (χ3v) is 3.29. The molecule has 2 aromatic rings. The summed E-state index contributed by atoms with van der Waals surface area (Å²) in [5.74, 6) is 0.841. The molecule has 0 aliphatic carbocycles. The molecular formula is C13H12F3N3. The average molecular weight is 267 g/mol. The fourth-order valence-electron chi connectivity index (χ4n) is 2.39. The van der Waals surface area contributed by atoms with Crippen molar-refractivity contribution >= 4 is 5.82 Å². The predicted molar refractivity (Wildman–Crippen MR) is 64.9 cm³/mol. The number of alkyl halides is 3. The Bertz CT molecular complexity index is 589. The number of anilines is 1. The van der Waals surface area contributed by atoms with Crippen LogP contribution in [-0.4, -0.2) is 16.3 Å². The third kappa shape index (κ3) is 2.18. The van der Waals surface area contributed by atoms with E-state index in [4.69, 9.17) is 0 Å². The van der Waals surface area contributed by atoms with Crippen LogP contribution in [0.25, 0.3) is 0 Å². The number of benzene rings is 1. The molecule has 1 N–H and O–H groups in total. The number of nitrogens with zero attached hydrogens (tertiary/aromatic N) is 2. The first-order chi connectivity index (χ1) is 9.05. The third-order valence-electron chi connectivity index (χ3n) is 3.29. The van der Waals surface area contributed by atoms with Crippen LogP contribution in [0.1, 0.15) is 23.6 Å². The fraction of sp³-hybridized carbons (Fsp3) is 0.308. The maximum absolute atomic E-state index is 12.7. The van der Waals surface area contributed by atoms with Gasteiger partial charge in [-0.25, -0.2) is 4.68 Å². The number of fused-ring (bicyclic) bond motifs is 1. The number of nitrogens with one attached hydrogen (secondary N) is 1. The molecule has 0 radical (unpaired) electrons. The molecule has 100 valence electrons. The van der Waals surface area contributed by atoms with E-state index < -0.39 is 11.7 Å². The molecule has 0 saturated heterocycles. The molecule has 3 rings (SSSR count). The molecule has 6 heteroatoms. The van der Waals surface area contributed by atoms with Gasteiger partial charge in [0, 0.05) is 12.6 Å². The van der Waals surface area contributed by atoms with E-state index in [2.05, 4.69) is 10.4 Å². The summed E-state index contributed by atoms with van der Waals surface area (Å²) in [6.45, 7) is 0.729. The van der Waals surface area contributed by atoms with Gasteiger partial charge in [0.05, 0.1) is 17.8 Å². The van der Waals surface area contributed by atoms with Crippen LogP contribution >= 0.6 is 0 Å². The maximum atomic E-state index is 12.7. The van der Waals surface area contributed by atoms with Crippen LogP contribution in [-0.2, 0) is 6.18 Å². The summed E-state index contributed by atoms with van der Waals surface area (Å²) < 4.78 is 39.9. The molecule has 1 atom stereocenters. The highest BCUT2D eigenvalue weighted by atomic mass is 19.4. The Labute approximate surface area is 108 Å². The van der Waals surface area contributed by atoms with Gasteiger partial charge in [-0.1, -0.05) is 12.1 Å². The summed E-state index contributed by atoms with van der Waals surface area (Å²) in [6, 6.07) is 7.14. The van der Waals surface area contributed by atoms with Gasteiger partial charge in [0.1, 0.15) is 5.82 Å². The largest absolute Gasteiger partial charge is 0.416 e. The predicted octanol–water partition coefficient (Wildman–Crippen LogP) is 3.31. The summed E-state index contributed by atoms with van der Waals surface area (Å²) in [5.41, 5.74) is 0.0264. The van der Waals surface area contributed by atoms with Gasteiger partial charge in [-0.2, -0.15) is 18.3 Å². The number of hydrogen-bond donors (Lipinski definition) is 1. The lowest BCUT2D eigenvalue weighted by molar-refractivity contribution is -0.137. The van der Waals surface area contributed by atoms with Crippen LogP contribution in [0.5, 0.6) is 0 Å². The molecule has 1 aliphatic heterocycles. The number of aromatic nitrogens is 2.